The molecule has 0 fully saturated rings. The molecule has 2 aromatic heterocycles. The van der Waals surface area contributed by atoms with Gasteiger partial charge in [-0.1, -0.05) is 0 Å². The highest BCUT2D eigenvalue weighted by molar-refractivity contribution is 5.99. The molecule has 0 atom stereocenters. The van der Waals surface area contributed by atoms with Crippen LogP contribution in [-0.2, 0) is 9.59 Å². The first-order chi connectivity index (χ1) is 15.8. The van der Waals surface area contributed by atoms with Crippen LogP contribution in [0.25, 0.3) is 21.8 Å². The van der Waals surface area contributed by atoms with E-state index in [2.05, 4.69) is 20.6 Å². The average Bonchev–Trinajstić information content (AvgIpc) is 2.74. The summed E-state index contributed by atoms with van der Waals surface area (Å²) < 4.78 is 0. The van der Waals surface area contributed by atoms with Gasteiger partial charge in [0, 0.05) is 57.8 Å². The number of carbonyl (C=O) groups excluding carboxylic acids is 2. The number of nitrogens with one attached hydrogen (secondary N) is 2. The number of nitrogen functional groups attached to an aromatic ring is 2. The standard InChI is InChI=1S/C25H26N6O2.ClH/c1-14-10-20(26)18-12-16(6-8-22(18)28-14)30-24(32)4-3-5-25(33)31-17-7-9-23-19(13-17)21(27)11-15(2)29-23;/h6-13H,3-5H2,1-2H3,(H2,26,28)(H2,27,29)(H,30,32)(H,31,33);1H. The van der Waals surface area contributed by atoms with Crippen LogP contribution < -0.4 is 22.1 Å². The molecule has 0 aliphatic rings. The number of amides is 2. The van der Waals surface area contributed by atoms with Gasteiger partial charge in [-0.25, -0.2) is 0 Å². The molecule has 0 saturated carbocycles. The molecule has 0 aliphatic carbocycles. The van der Waals surface area contributed by atoms with E-state index in [1.54, 1.807) is 24.3 Å². The quantitative estimate of drug-likeness (QED) is 0.316. The summed E-state index contributed by atoms with van der Waals surface area (Å²) in [6, 6.07) is 14.5. The van der Waals surface area contributed by atoms with E-state index in [9.17, 15) is 9.59 Å². The van der Waals surface area contributed by atoms with E-state index in [4.69, 9.17) is 11.5 Å². The minimum Gasteiger partial charge on any atom is -0.398 e. The van der Waals surface area contributed by atoms with Gasteiger partial charge in [-0.3, -0.25) is 19.6 Å². The van der Waals surface area contributed by atoms with Crippen LogP contribution in [0.5, 0.6) is 0 Å². The fourth-order valence-electron chi connectivity index (χ4n) is 3.79. The highest BCUT2D eigenvalue weighted by Crippen LogP contribution is 2.25. The van der Waals surface area contributed by atoms with Gasteiger partial charge < -0.3 is 22.1 Å². The second-order valence-electron chi connectivity index (χ2n) is 8.12. The molecule has 0 aliphatic heterocycles. The van der Waals surface area contributed by atoms with Crippen LogP contribution in [-0.4, -0.2) is 21.8 Å². The van der Waals surface area contributed by atoms with Crippen molar-refractivity contribution in [1.29, 1.82) is 0 Å². The highest BCUT2D eigenvalue weighted by Gasteiger charge is 2.09. The Morgan fingerprint density at radius 1 is 0.735 bits per heavy atom. The van der Waals surface area contributed by atoms with Crippen LogP contribution in [0.1, 0.15) is 30.7 Å². The maximum absolute atomic E-state index is 12.3. The number of hydrogen-bond donors (Lipinski definition) is 4. The lowest BCUT2D eigenvalue weighted by Gasteiger charge is -2.09. The zero-order chi connectivity index (χ0) is 23.5. The van der Waals surface area contributed by atoms with Crippen molar-refractivity contribution in [3.05, 3.63) is 59.9 Å². The van der Waals surface area contributed by atoms with Crippen molar-refractivity contribution in [2.24, 2.45) is 0 Å². The summed E-state index contributed by atoms with van der Waals surface area (Å²) in [6.07, 6.45) is 0.868. The summed E-state index contributed by atoms with van der Waals surface area (Å²) >= 11 is 0. The van der Waals surface area contributed by atoms with Gasteiger partial charge in [0.2, 0.25) is 11.8 Å². The first-order valence-corrected chi connectivity index (χ1v) is 10.7. The molecule has 0 spiro atoms. The number of rotatable bonds is 6. The number of aromatic nitrogens is 2. The minimum atomic E-state index is -0.166. The topological polar surface area (TPSA) is 136 Å². The van der Waals surface area contributed by atoms with Gasteiger partial charge in [-0.05, 0) is 68.8 Å². The molecular formula is C25H27ClN6O2. The Labute approximate surface area is 203 Å². The van der Waals surface area contributed by atoms with Crippen molar-refractivity contribution in [2.45, 2.75) is 33.1 Å². The number of hydrogen-bond acceptors (Lipinski definition) is 6. The number of fused-ring (bicyclic) bond motifs is 2. The summed E-state index contributed by atoms with van der Waals surface area (Å²) in [5, 5.41) is 7.29. The van der Waals surface area contributed by atoms with E-state index in [0.717, 1.165) is 33.2 Å². The Kier molecular flexibility index (Phi) is 7.53. The second-order valence-corrected chi connectivity index (χ2v) is 8.12. The molecule has 176 valence electrons. The van der Waals surface area contributed by atoms with Gasteiger partial charge in [0.25, 0.3) is 0 Å². The molecule has 34 heavy (non-hydrogen) atoms. The van der Waals surface area contributed by atoms with Crippen molar-refractivity contribution >= 4 is 68.8 Å². The summed E-state index contributed by atoms with van der Waals surface area (Å²) in [5.74, 6) is -0.332. The minimum absolute atomic E-state index is 0. The summed E-state index contributed by atoms with van der Waals surface area (Å²) in [7, 11) is 0. The number of anilines is 4. The van der Waals surface area contributed by atoms with Gasteiger partial charge >= 0.3 is 0 Å². The lowest BCUT2D eigenvalue weighted by atomic mass is 10.1. The van der Waals surface area contributed by atoms with E-state index >= 15 is 0 Å². The van der Waals surface area contributed by atoms with Gasteiger partial charge in [0.15, 0.2) is 0 Å². The Bertz CT molecular complexity index is 1280. The summed E-state index contributed by atoms with van der Waals surface area (Å²) in [5.41, 5.74) is 17.9. The molecule has 2 heterocycles. The second kappa shape index (κ2) is 10.4. The monoisotopic (exact) mass is 478 g/mol. The number of nitrogens with zero attached hydrogens (tertiary/aromatic N) is 2. The third-order valence-electron chi connectivity index (χ3n) is 5.31. The molecule has 0 radical (unpaired) electrons. The number of halogens is 1. The predicted molar refractivity (Wildman–Crippen MR) is 140 cm³/mol. The normalized spacial score (nSPS) is 10.6. The molecular weight excluding hydrogens is 452 g/mol. The molecule has 9 heteroatoms. The third kappa shape index (κ3) is 5.71. The number of pyridine rings is 2. The zero-order valence-electron chi connectivity index (χ0n) is 19.0. The van der Waals surface area contributed by atoms with Crippen LogP contribution in [0.4, 0.5) is 22.7 Å². The molecule has 2 amide bonds. The van der Waals surface area contributed by atoms with Crippen LogP contribution in [0.2, 0.25) is 0 Å². The van der Waals surface area contributed by atoms with Crippen molar-refractivity contribution in [3.8, 4) is 0 Å². The molecule has 0 saturated heterocycles. The van der Waals surface area contributed by atoms with Crippen molar-refractivity contribution in [2.75, 3.05) is 22.1 Å². The Morgan fingerprint density at radius 3 is 1.56 bits per heavy atom. The number of benzene rings is 2. The molecule has 2 aromatic carbocycles. The molecule has 4 rings (SSSR count). The summed E-state index contributed by atoms with van der Waals surface area (Å²) in [4.78, 5) is 33.5. The first-order valence-electron chi connectivity index (χ1n) is 10.7. The lowest BCUT2D eigenvalue weighted by Crippen LogP contribution is -2.15. The molecule has 8 nitrogen and oxygen atoms in total. The molecule has 6 N–H and O–H groups in total. The Hall–Kier alpha value is -3.91. The number of aryl methyl sites for hydroxylation is 2. The van der Waals surface area contributed by atoms with E-state index in [1.807, 2.05) is 38.1 Å². The number of carbonyl (C=O) groups is 2. The zero-order valence-corrected chi connectivity index (χ0v) is 19.8. The van der Waals surface area contributed by atoms with Crippen LogP contribution in [0.15, 0.2) is 48.5 Å². The largest absolute Gasteiger partial charge is 0.398 e. The van der Waals surface area contributed by atoms with E-state index < -0.39 is 0 Å². The fraction of sp³-hybridized carbons (Fsp3) is 0.200. The highest BCUT2D eigenvalue weighted by atomic mass is 35.5. The van der Waals surface area contributed by atoms with Crippen LogP contribution >= 0.6 is 12.4 Å². The smallest absolute Gasteiger partial charge is 0.224 e. The first kappa shape index (κ1) is 24.7. The number of nitrogens with two attached hydrogens (primary N) is 2. The van der Waals surface area contributed by atoms with E-state index in [0.29, 0.717) is 29.2 Å². The van der Waals surface area contributed by atoms with E-state index in [1.165, 1.54) is 0 Å². The SMILES string of the molecule is Cc1cc(N)c2cc(NC(=O)CCCC(=O)Nc3ccc4nc(C)cc(N)c4c3)ccc2n1.Cl. The van der Waals surface area contributed by atoms with Crippen LogP contribution in [0, 0.1) is 13.8 Å². The molecule has 0 unspecified atom stereocenters. The van der Waals surface area contributed by atoms with Gasteiger partial charge in [0.1, 0.15) is 0 Å². The van der Waals surface area contributed by atoms with Gasteiger partial charge in [-0.15, -0.1) is 12.4 Å². The average molecular weight is 479 g/mol. The maximum atomic E-state index is 12.3. The summed E-state index contributed by atoms with van der Waals surface area (Å²) in [6.45, 7) is 3.77. The van der Waals surface area contributed by atoms with E-state index in [-0.39, 0.29) is 37.1 Å². The van der Waals surface area contributed by atoms with Crippen molar-refractivity contribution in [3.63, 3.8) is 0 Å². The van der Waals surface area contributed by atoms with Crippen molar-refractivity contribution < 1.29 is 9.59 Å². The Morgan fingerprint density at radius 2 is 1.15 bits per heavy atom. The molecule has 4 aromatic rings. The van der Waals surface area contributed by atoms with Gasteiger partial charge in [-0.2, -0.15) is 0 Å². The maximum Gasteiger partial charge on any atom is 0.224 e. The van der Waals surface area contributed by atoms with Crippen molar-refractivity contribution in [1.82, 2.24) is 9.97 Å². The fourth-order valence-corrected chi connectivity index (χ4v) is 3.79. The van der Waals surface area contributed by atoms with Gasteiger partial charge in [0.05, 0.1) is 11.0 Å². The molecule has 0 bridgehead atoms. The Balaban J connectivity index is 0.00000324. The lowest BCUT2D eigenvalue weighted by molar-refractivity contribution is -0.117. The predicted octanol–water partition coefficient (Wildman–Crippen LogP) is 4.73. The van der Waals surface area contributed by atoms with Crippen LogP contribution in [0.3, 0.4) is 0 Å². The third-order valence-corrected chi connectivity index (χ3v) is 5.31.